The summed E-state index contributed by atoms with van der Waals surface area (Å²) in [7, 11) is 0. The Balaban J connectivity index is 2.17. The summed E-state index contributed by atoms with van der Waals surface area (Å²) >= 11 is 0. The Morgan fingerprint density at radius 1 is 0.960 bits per heavy atom. The van der Waals surface area contributed by atoms with Crippen LogP contribution in [0.1, 0.15) is 39.2 Å². The number of esters is 2. The molecule has 0 saturated heterocycles. The van der Waals surface area contributed by atoms with Gasteiger partial charge in [0, 0.05) is 6.42 Å². The van der Waals surface area contributed by atoms with Crippen LogP contribution in [0.3, 0.4) is 0 Å². The van der Waals surface area contributed by atoms with Crippen LogP contribution < -0.4 is 0 Å². The van der Waals surface area contributed by atoms with Gasteiger partial charge < -0.3 is 18.9 Å². The van der Waals surface area contributed by atoms with Gasteiger partial charge in [-0.2, -0.15) is 0 Å². The smallest absolute Gasteiger partial charge is 0.461 e. The van der Waals surface area contributed by atoms with Crippen LogP contribution in [0, 0.1) is 5.92 Å². The first-order valence-corrected chi connectivity index (χ1v) is 8.08. The van der Waals surface area contributed by atoms with Gasteiger partial charge in [0.2, 0.25) is 6.79 Å². The highest BCUT2D eigenvalue weighted by Crippen LogP contribution is 2.10. The molecule has 0 heterocycles. The van der Waals surface area contributed by atoms with Gasteiger partial charge in [0.25, 0.3) is 0 Å². The summed E-state index contributed by atoms with van der Waals surface area (Å²) in [6.45, 7) is 4.65. The first-order chi connectivity index (χ1) is 11.9. The van der Waals surface area contributed by atoms with Crippen molar-refractivity contribution in [3.8, 4) is 0 Å². The molecule has 0 bridgehead atoms. The van der Waals surface area contributed by atoms with Crippen molar-refractivity contribution in [3.63, 3.8) is 0 Å². The van der Waals surface area contributed by atoms with Gasteiger partial charge in [-0.25, -0.2) is 4.79 Å². The summed E-state index contributed by atoms with van der Waals surface area (Å²) in [6.07, 6.45) is -0.841. The van der Waals surface area contributed by atoms with Gasteiger partial charge in [-0.05, 0) is 25.8 Å². The van der Waals surface area contributed by atoms with Crippen molar-refractivity contribution in [3.05, 3.63) is 35.9 Å². The van der Waals surface area contributed by atoms with E-state index < -0.39 is 24.8 Å². The molecule has 7 nitrogen and oxygen atoms in total. The second-order valence-electron chi connectivity index (χ2n) is 5.73. The van der Waals surface area contributed by atoms with Crippen molar-refractivity contribution in [2.45, 2.75) is 46.3 Å². The lowest BCUT2D eigenvalue weighted by atomic mass is 10.1. The highest BCUT2D eigenvalue weighted by atomic mass is 16.8. The number of hydrogen-bond donors (Lipinski definition) is 0. The monoisotopic (exact) mass is 352 g/mol. The summed E-state index contributed by atoms with van der Waals surface area (Å²) in [4.78, 5) is 34.5. The Bertz CT molecular complexity index is 554. The number of carbonyl (C=O) groups excluding carboxylic acids is 3. The maximum Gasteiger partial charge on any atom is 0.511 e. The Hall–Kier alpha value is -2.57. The molecule has 0 aliphatic rings. The number of ether oxygens (including phenoxy) is 4. The van der Waals surface area contributed by atoms with Crippen LogP contribution in [-0.4, -0.2) is 31.0 Å². The average Bonchev–Trinajstić information content (AvgIpc) is 2.57. The third kappa shape index (κ3) is 9.34. The Kier molecular flexibility index (Phi) is 9.06. The minimum absolute atomic E-state index is 0.0966. The lowest BCUT2D eigenvalue weighted by molar-refractivity contribution is -0.158. The maximum absolute atomic E-state index is 11.7. The van der Waals surface area contributed by atoms with Crippen LogP contribution >= 0.6 is 0 Å². The van der Waals surface area contributed by atoms with E-state index in [4.69, 9.17) is 14.2 Å². The van der Waals surface area contributed by atoms with Crippen LogP contribution in [0.2, 0.25) is 0 Å². The fourth-order valence-electron chi connectivity index (χ4n) is 1.77. The predicted molar refractivity (Wildman–Crippen MR) is 88.3 cm³/mol. The third-order valence-corrected chi connectivity index (χ3v) is 3.14. The molecule has 0 aromatic heterocycles. The second kappa shape index (κ2) is 11.1. The molecule has 1 atom stereocenters. The van der Waals surface area contributed by atoms with Crippen molar-refractivity contribution >= 4 is 18.1 Å². The fraction of sp³-hybridized carbons (Fsp3) is 0.500. The third-order valence-electron chi connectivity index (χ3n) is 3.14. The van der Waals surface area contributed by atoms with Gasteiger partial charge in [0.05, 0.1) is 12.0 Å². The van der Waals surface area contributed by atoms with Crippen molar-refractivity contribution in [1.82, 2.24) is 0 Å². The molecule has 0 fully saturated rings. The highest BCUT2D eigenvalue weighted by molar-refractivity contribution is 5.74. The SMILES string of the molecule is CC(C)OC(=O)OCOC(=O)C(C)CCC(=O)OCc1ccccc1. The van der Waals surface area contributed by atoms with E-state index in [-0.39, 0.29) is 31.5 Å². The van der Waals surface area contributed by atoms with Gasteiger partial charge in [0.1, 0.15) is 6.61 Å². The predicted octanol–water partition coefficient (Wildman–Crippen LogP) is 3.21. The molecule has 1 rings (SSSR count). The van der Waals surface area contributed by atoms with Crippen LogP contribution in [0.4, 0.5) is 4.79 Å². The molecule has 1 unspecified atom stereocenters. The number of rotatable bonds is 9. The molecule has 0 radical (unpaired) electrons. The molecule has 0 amide bonds. The first-order valence-electron chi connectivity index (χ1n) is 8.08. The van der Waals surface area contributed by atoms with Gasteiger partial charge in [-0.15, -0.1) is 0 Å². The van der Waals surface area contributed by atoms with Gasteiger partial charge in [-0.3, -0.25) is 9.59 Å². The zero-order valence-electron chi connectivity index (χ0n) is 14.7. The molecule has 25 heavy (non-hydrogen) atoms. The Labute approximate surface area is 147 Å². The lowest BCUT2D eigenvalue weighted by Gasteiger charge is -2.12. The van der Waals surface area contributed by atoms with Gasteiger partial charge in [-0.1, -0.05) is 37.3 Å². The van der Waals surface area contributed by atoms with E-state index in [1.54, 1.807) is 20.8 Å². The second-order valence-corrected chi connectivity index (χ2v) is 5.73. The zero-order valence-corrected chi connectivity index (χ0v) is 14.7. The molecule has 1 aromatic rings. The standard InChI is InChI=1S/C18H24O7/c1-13(2)25-18(21)24-12-23-17(20)14(3)9-10-16(19)22-11-15-7-5-4-6-8-15/h4-8,13-14H,9-12H2,1-3H3. The molecule has 0 saturated carbocycles. The minimum atomic E-state index is -0.903. The molecular weight excluding hydrogens is 328 g/mol. The van der Waals surface area contributed by atoms with E-state index in [0.29, 0.717) is 0 Å². The summed E-state index contributed by atoms with van der Waals surface area (Å²) in [6, 6.07) is 9.32. The van der Waals surface area contributed by atoms with E-state index >= 15 is 0 Å². The molecule has 0 aliphatic heterocycles. The van der Waals surface area contributed by atoms with Gasteiger partial charge >= 0.3 is 18.1 Å². The largest absolute Gasteiger partial charge is 0.511 e. The van der Waals surface area contributed by atoms with Crippen molar-refractivity contribution < 1.29 is 33.3 Å². The summed E-state index contributed by atoms with van der Waals surface area (Å²) in [5.41, 5.74) is 0.897. The molecular formula is C18H24O7. The molecule has 0 aliphatic carbocycles. The summed E-state index contributed by atoms with van der Waals surface area (Å²) < 4.78 is 19.2. The lowest BCUT2D eigenvalue weighted by Crippen LogP contribution is -2.20. The van der Waals surface area contributed by atoms with Crippen LogP contribution in [0.25, 0.3) is 0 Å². The molecule has 1 aromatic carbocycles. The molecule has 138 valence electrons. The van der Waals surface area contributed by atoms with Crippen LogP contribution in [0.15, 0.2) is 30.3 Å². The number of benzene rings is 1. The normalized spacial score (nSPS) is 11.5. The fourth-order valence-corrected chi connectivity index (χ4v) is 1.77. The van der Waals surface area contributed by atoms with E-state index in [0.717, 1.165) is 5.56 Å². The summed E-state index contributed by atoms with van der Waals surface area (Å²) in [5, 5.41) is 0. The number of carbonyl (C=O) groups is 3. The molecule has 7 heteroatoms. The van der Waals surface area contributed by atoms with Crippen molar-refractivity contribution in [2.24, 2.45) is 5.92 Å². The topological polar surface area (TPSA) is 88.1 Å². The maximum atomic E-state index is 11.7. The number of hydrogen-bond acceptors (Lipinski definition) is 7. The van der Waals surface area contributed by atoms with Gasteiger partial charge in [0.15, 0.2) is 0 Å². The molecule has 0 N–H and O–H groups in total. The quantitative estimate of drug-likeness (QED) is 0.383. The Morgan fingerprint density at radius 2 is 1.64 bits per heavy atom. The summed E-state index contributed by atoms with van der Waals surface area (Å²) in [5.74, 6) is -1.47. The first kappa shape index (κ1) is 20.5. The molecule has 0 spiro atoms. The zero-order chi connectivity index (χ0) is 18.7. The van der Waals surface area contributed by atoms with E-state index in [2.05, 4.69) is 4.74 Å². The van der Waals surface area contributed by atoms with E-state index in [9.17, 15) is 14.4 Å². The average molecular weight is 352 g/mol. The Morgan fingerprint density at radius 3 is 2.28 bits per heavy atom. The van der Waals surface area contributed by atoms with E-state index in [1.165, 1.54) is 0 Å². The van der Waals surface area contributed by atoms with Crippen molar-refractivity contribution in [1.29, 1.82) is 0 Å². The highest BCUT2D eigenvalue weighted by Gasteiger charge is 2.17. The van der Waals surface area contributed by atoms with Crippen LogP contribution in [-0.2, 0) is 35.1 Å². The minimum Gasteiger partial charge on any atom is -0.461 e. The van der Waals surface area contributed by atoms with Crippen LogP contribution in [0.5, 0.6) is 0 Å². The van der Waals surface area contributed by atoms with E-state index in [1.807, 2.05) is 30.3 Å². The van der Waals surface area contributed by atoms with Crippen molar-refractivity contribution in [2.75, 3.05) is 6.79 Å².